The van der Waals surface area contributed by atoms with Crippen LogP contribution in [-0.4, -0.2) is 18.5 Å². The Bertz CT molecular complexity index is 153. The Morgan fingerprint density at radius 3 is 2.78 bits per heavy atom. The topological polar surface area (TPSA) is 55.1 Å². The lowest BCUT2D eigenvalue weighted by Crippen LogP contribution is -2.37. The van der Waals surface area contributed by atoms with Gasteiger partial charge in [0.1, 0.15) is 6.04 Å². The minimum absolute atomic E-state index is 0.273. The Morgan fingerprint density at radius 1 is 1.89 bits per heavy atom. The van der Waals surface area contributed by atoms with Crippen LogP contribution in [0.4, 0.5) is 0 Å². The Kier molecular flexibility index (Phi) is 1.53. The van der Waals surface area contributed by atoms with Crippen LogP contribution in [0.25, 0.3) is 0 Å². The molecule has 0 radical (unpaired) electrons. The van der Waals surface area contributed by atoms with Gasteiger partial charge in [-0.3, -0.25) is 4.79 Å². The quantitative estimate of drug-likeness (QED) is 0.460. The molecular weight excluding hydrogens is 116 g/mol. The number of hydrogen-bond donors (Lipinski definition) is 2. The molecule has 0 aromatic carbocycles. The van der Waals surface area contributed by atoms with E-state index < -0.39 is 0 Å². The van der Waals surface area contributed by atoms with Gasteiger partial charge in [-0.15, -0.1) is 0 Å². The molecule has 50 valence electrons. The number of hydrogen-bond acceptors (Lipinski definition) is 2. The van der Waals surface area contributed by atoms with Crippen LogP contribution in [0.1, 0.15) is 6.42 Å². The number of rotatable bonds is 1. The van der Waals surface area contributed by atoms with Crippen molar-refractivity contribution in [3.63, 3.8) is 0 Å². The highest BCUT2D eigenvalue weighted by Crippen LogP contribution is 2.09. The van der Waals surface area contributed by atoms with Crippen LogP contribution in [-0.2, 0) is 4.79 Å². The van der Waals surface area contributed by atoms with Gasteiger partial charge in [-0.2, -0.15) is 0 Å². The first-order valence-electron chi connectivity index (χ1n) is 2.92. The third kappa shape index (κ3) is 1.10. The Hall–Kier alpha value is -0.830. The van der Waals surface area contributed by atoms with Gasteiger partial charge in [0, 0.05) is 0 Å². The van der Waals surface area contributed by atoms with Crippen molar-refractivity contribution in [3.8, 4) is 0 Å². The molecule has 0 aliphatic carbocycles. The highest BCUT2D eigenvalue weighted by molar-refractivity contribution is 5.83. The van der Waals surface area contributed by atoms with E-state index in [1.54, 1.807) is 0 Å². The lowest BCUT2D eigenvalue weighted by molar-refractivity contribution is -0.118. The molecule has 0 saturated carbocycles. The van der Waals surface area contributed by atoms with E-state index in [0.717, 1.165) is 18.5 Å². The fourth-order valence-electron chi connectivity index (χ4n) is 0.968. The molecule has 0 bridgehead atoms. The molecule has 1 amide bonds. The molecule has 1 aliphatic heterocycles. The van der Waals surface area contributed by atoms with E-state index in [9.17, 15) is 4.79 Å². The highest BCUT2D eigenvalue weighted by atomic mass is 16.1. The Labute approximate surface area is 53.9 Å². The van der Waals surface area contributed by atoms with E-state index in [4.69, 9.17) is 5.73 Å². The van der Waals surface area contributed by atoms with Crippen molar-refractivity contribution in [2.45, 2.75) is 12.5 Å². The molecule has 0 aromatic heterocycles. The summed E-state index contributed by atoms with van der Waals surface area (Å²) in [7, 11) is 0. The molecule has 3 N–H and O–H groups in total. The van der Waals surface area contributed by atoms with Gasteiger partial charge in [0.15, 0.2) is 0 Å². The SMILES string of the molecule is C=C1CCNC1C(N)=O. The summed E-state index contributed by atoms with van der Waals surface area (Å²) in [5.74, 6) is -0.322. The lowest BCUT2D eigenvalue weighted by atomic mass is 10.1. The largest absolute Gasteiger partial charge is 0.368 e. The lowest BCUT2D eigenvalue weighted by Gasteiger charge is -2.04. The first kappa shape index (κ1) is 6.29. The maximum Gasteiger partial charge on any atom is 0.238 e. The Morgan fingerprint density at radius 2 is 2.56 bits per heavy atom. The summed E-state index contributed by atoms with van der Waals surface area (Å²) in [5, 5.41) is 2.93. The molecule has 1 rings (SSSR count). The van der Waals surface area contributed by atoms with Gasteiger partial charge in [-0.05, 0) is 18.5 Å². The van der Waals surface area contributed by atoms with Crippen molar-refractivity contribution in [1.29, 1.82) is 0 Å². The number of nitrogens with two attached hydrogens (primary N) is 1. The van der Waals surface area contributed by atoms with Gasteiger partial charge in [-0.25, -0.2) is 0 Å². The summed E-state index contributed by atoms with van der Waals surface area (Å²) >= 11 is 0. The van der Waals surface area contributed by atoms with Crippen molar-refractivity contribution in [2.75, 3.05) is 6.54 Å². The number of amides is 1. The number of carbonyl (C=O) groups is 1. The standard InChI is InChI=1S/C6H10N2O/c1-4-2-3-8-5(4)6(7)9/h5,8H,1-3H2,(H2,7,9). The molecular formula is C6H10N2O. The molecule has 9 heavy (non-hydrogen) atoms. The number of carbonyl (C=O) groups excluding carboxylic acids is 1. The van der Waals surface area contributed by atoms with Crippen molar-refractivity contribution in [2.24, 2.45) is 5.73 Å². The predicted octanol–water partition coefficient (Wildman–Crippen LogP) is -0.610. The predicted molar refractivity (Wildman–Crippen MR) is 34.7 cm³/mol. The average Bonchev–Trinajstić information content (AvgIpc) is 2.13. The maximum atomic E-state index is 10.5. The van der Waals surface area contributed by atoms with Gasteiger partial charge in [0.25, 0.3) is 0 Å². The van der Waals surface area contributed by atoms with Crippen molar-refractivity contribution < 1.29 is 4.79 Å². The smallest absolute Gasteiger partial charge is 0.238 e. The fourth-order valence-corrected chi connectivity index (χ4v) is 0.968. The highest BCUT2D eigenvalue weighted by Gasteiger charge is 2.22. The monoisotopic (exact) mass is 126 g/mol. The molecule has 1 aliphatic rings. The second-order valence-electron chi connectivity index (χ2n) is 2.20. The van der Waals surface area contributed by atoms with Gasteiger partial charge in [0.2, 0.25) is 5.91 Å². The Balaban J connectivity index is 2.60. The van der Waals surface area contributed by atoms with Crippen molar-refractivity contribution >= 4 is 5.91 Å². The van der Waals surface area contributed by atoms with E-state index in [-0.39, 0.29) is 11.9 Å². The summed E-state index contributed by atoms with van der Waals surface area (Å²) in [6, 6.07) is -0.273. The molecule has 3 nitrogen and oxygen atoms in total. The summed E-state index contributed by atoms with van der Waals surface area (Å²) < 4.78 is 0. The first-order chi connectivity index (χ1) is 4.22. The summed E-state index contributed by atoms with van der Waals surface area (Å²) in [4.78, 5) is 10.5. The molecule has 0 aromatic rings. The summed E-state index contributed by atoms with van der Waals surface area (Å²) in [6.45, 7) is 4.52. The van der Waals surface area contributed by atoms with E-state index in [1.807, 2.05) is 0 Å². The number of nitrogens with one attached hydrogen (secondary N) is 1. The average molecular weight is 126 g/mol. The van der Waals surface area contributed by atoms with E-state index in [0.29, 0.717) is 0 Å². The van der Waals surface area contributed by atoms with Crippen LogP contribution in [0.3, 0.4) is 0 Å². The fraction of sp³-hybridized carbons (Fsp3) is 0.500. The molecule has 1 atom stereocenters. The van der Waals surface area contributed by atoms with Crippen LogP contribution in [0.5, 0.6) is 0 Å². The minimum Gasteiger partial charge on any atom is -0.368 e. The third-order valence-corrected chi connectivity index (χ3v) is 1.49. The number of primary amides is 1. The maximum absolute atomic E-state index is 10.5. The van der Waals surface area contributed by atoms with Gasteiger partial charge in [-0.1, -0.05) is 6.58 Å². The van der Waals surface area contributed by atoms with Crippen LogP contribution in [0, 0.1) is 0 Å². The molecule has 1 heterocycles. The second kappa shape index (κ2) is 2.19. The third-order valence-electron chi connectivity index (χ3n) is 1.49. The molecule has 1 saturated heterocycles. The van der Waals surface area contributed by atoms with Gasteiger partial charge >= 0.3 is 0 Å². The zero-order chi connectivity index (χ0) is 6.85. The van der Waals surface area contributed by atoms with E-state index >= 15 is 0 Å². The van der Waals surface area contributed by atoms with Crippen LogP contribution in [0.2, 0.25) is 0 Å². The van der Waals surface area contributed by atoms with Crippen molar-refractivity contribution in [3.05, 3.63) is 12.2 Å². The normalized spacial score (nSPS) is 26.7. The van der Waals surface area contributed by atoms with Crippen LogP contribution < -0.4 is 11.1 Å². The minimum atomic E-state index is -0.322. The zero-order valence-corrected chi connectivity index (χ0v) is 5.18. The summed E-state index contributed by atoms with van der Waals surface area (Å²) in [5.41, 5.74) is 5.93. The molecule has 1 fully saturated rings. The van der Waals surface area contributed by atoms with Crippen LogP contribution in [0.15, 0.2) is 12.2 Å². The summed E-state index contributed by atoms with van der Waals surface area (Å²) in [6.07, 6.45) is 0.869. The van der Waals surface area contributed by atoms with Crippen molar-refractivity contribution in [1.82, 2.24) is 5.32 Å². The van der Waals surface area contributed by atoms with E-state index in [2.05, 4.69) is 11.9 Å². The first-order valence-corrected chi connectivity index (χ1v) is 2.92. The molecule has 1 unspecified atom stereocenters. The second-order valence-corrected chi connectivity index (χ2v) is 2.20. The van der Waals surface area contributed by atoms with Gasteiger partial charge in [0.05, 0.1) is 0 Å². The van der Waals surface area contributed by atoms with Crippen LogP contribution >= 0.6 is 0 Å². The molecule has 3 heteroatoms. The zero-order valence-electron chi connectivity index (χ0n) is 5.18. The van der Waals surface area contributed by atoms with Gasteiger partial charge < -0.3 is 11.1 Å². The van der Waals surface area contributed by atoms with E-state index in [1.165, 1.54) is 0 Å². The molecule has 0 spiro atoms.